The van der Waals surface area contributed by atoms with E-state index in [2.05, 4.69) is 10.3 Å². The average molecular weight is 257 g/mol. The second-order valence-corrected chi connectivity index (χ2v) is 4.20. The van der Waals surface area contributed by atoms with Crippen molar-refractivity contribution in [1.82, 2.24) is 4.98 Å². The van der Waals surface area contributed by atoms with Crippen LogP contribution in [0.15, 0.2) is 48.8 Å². The molecule has 1 unspecified atom stereocenters. The van der Waals surface area contributed by atoms with E-state index < -0.39 is 6.04 Å². The number of nitrogens with two attached hydrogens (primary N) is 1. The molecule has 1 aromatic heterocycles. The van der Waals surface area contributed by atoms with E-state index in [1.54, 1.807) is 48.8 Å². The van der Waals surface area contributed by atoms with E-state index in [0.29, 0.717) is 12.1 Å². The maximum absolute atomic E-state index is 11.9. The van der Waals surface area contributed by atoms with Gasteiger partial charge in [0.25, 0.3) is 0 Å². The molecular formula is C14H15N3O2. The van der Waals surface area contributed by atoms with Crippen LogP contribution in [0.2, 0.25) is 0 Å². The molecule has 0 bridgehead atoms. The largest absolute Gasteiger partial charge is 0.508 e. The fourth-order valence-corrected chi connectivity index (χ4v) is 1.65. The molecular weight excluding hydrogens is 242 g/mol. The number of hydrogen-bond donors (Lipinski definition) is 3. The zero-order valence-corrected chi connectivity index (χ0v) is 10.3. The third kappa shape index (κ3) is 3.79. The minimum atomic E-state index is -0.641. The van der Waals surface area contributed by atoms with E-state index in [-0.39, 0.29) is 11.7 Å². The summed E-state index contributed by atoms with van der Waals surface area (Å²) < 4.78 is 0. The van der Waals surface area contributed by atoms with Gasteiger partial charge in [-0.1, -0.05) is 12.1 Å². The van der Waals surface area contributed by atoms with Gasteiger partial charge in [0.1, 0.15) is 5.75 Å². The lowest BCUT2D eigenvalue weighted by Gasteiger charge is -2.12. The minimum Gasteiger partial charge on any atom is -0.508 e. The van der Waals surface area contributed by atoms with Gasteiger partial charge in [-0.2, -0.15) is 0 Å². The van der Waals surface area contributed by atoms with Crippen molar-refractivity contribution < 1.29 is 9.90 Å². The van der Waals surface area contributed by atoms with Crippen molar-refractivity contribution in [2.45, 2.75) is 12.5 Å². The number of pyridine rings is 1. The standard InChI is InChI=1S/C14H15N3O2/c15-13(9-10-1-3-12(18)4-2-10)14(19)17-11-5-7-16-8-6-11/h1-8,13,18H,9,15H2,(H,16,17,19). The number of carbonyl (C=O) groups is 1. The quantitative estimate of drug-likeness (QED) is 0.770. The summed E-state index contributed by atoms with van der Waals surface area (Å²) in [5, 5.41) is 11.9. The number of amides is 1. The van der Waals surface area contributed by atoms with Gasteiger partial charge in [0.2, 0.25) is 5.91 Å². The number of benzene rings is 1. The predicted octanol–water partition coefficient (Wildman–Crippen LogP) is 1.30. The van der Waals surface area contributed by atoms with Crippen LogP contribution in [0.1, 0.15) is 5.56 Å². The molecule has 1 atom stereocenters. The second kappa shape index (κ2) is 5.97. The molecule has 1 amide bonds. The van der Waals surface area contributed by atoms with Crippen LogP contribution >= 0.6 is 0 Å². The zero-order chi connectivity index (χ0) is 13.7. The number of hydrogen-bond acceptors (Lipinski definition) is 4. The molecule has 2 rings (SSSR count). The molecule has 0 radical (unpaired) electrons. The van der Waals surface area contributed by atoms with Gasteiger partial charge in [0, 0.05) is 18.1 Å². The Morgan fingerprint density at radius 1 is 1.21 bits per heavy atom. The molecule has 0 saturated heterocycles. The molecule has 0 saturated carbocycles. The summed E-state index contributed by atoms with van der Waals surface area (Å²) in [6.07, 6.45) is 3.61. The number of phenolic OH excluding ortho intramolecular Hbond substituents is 1. The molecule has 98 valence electrons. The molecule has 19 heavy (non-hydrogen) atoms. The van der Waals surface area contributed by atoms with E-state index in [1.807, 2.05) is 0 Å². The van der Waals surface area contributed by atoms with Crippen molar-refractivity contribution in [3.8, 4) is 5.75 Å². The van der Waals surface area contributed by atoms with Crippen LogP contribution in [0.3, 0.4) is 0 Å². The molecule has 0 aliphatic heterocycles. The number of aromatic nitrogens is 1. The molecule has 0 fully saturated rings. The topological polar surface area (TPSA) is 88.2 Å². The summed E-state index contributed by atoms with van der Waals surface area (Å²) in [6.45, 7) is 0. The van der Waals surface area contributed by atoms with E-state index in [9.17, 15) is 9.90 Å². The molecule has 1 heterocycles. The summed E-state index contributed by atoms with van der Waals surface area (Å²) in [5.74, 6) is -0.0576. The van der Waals surface area contributed by atoms with Gasteiger partial charge >= 0.3 is 0 Å². The molecule has 4 N–H and O–H groups in total. The first-order valence-corrected chi connectivity index (χ1v) is 5.89. The number of aromatic hydroxyl groups is 1. The lowest BCUT2D eigenvalue weighted by Crippen LogP contribution is -2.37. The molecule has 5 heteroatoms. The first-order chi connectivity index (χ1) is 9.15. The van der Waals surface area contributed by atoms with E-state index in [4.69, 9.17) is 5.73 Å². The number of nitrogens with one attached hydrogen (secondary N) is 1. The summed E-state index contributed by atoms with van der Waals surface area (Å²) >= 11 is 0. The SMILES string of the molecule is NC(Cc1ccc(O)cc1)C(=O)Nc1ccncc1. The Hall–Kier alpha value is -2.40. The van der Waals surface area contributed by atoms with Crippen LogP contribution in [-0.4, -0.2) is 22.0 Å². The Morgan fingerprint density at radius 2 is 1.84 bits per heavy atom. The zero-order valence-electron chi connectivity index (χ0n) is 10.3. The van der Waals surface area contributed by atoms with Crippen molar-refractivity contribution in [3.63, 3.8) is 0 Å². The molecule has 5 nitrogen and oxygen atoms in total. The van der Waals surface area contributed by atoms with E-state index in [0.717, 1.165) is 5.56 Å². The number of nitrogens with zero attached hydrogens (tertiary/aromatic N) is 1. The van der Waals surface area contributed by atoms with Gasteiger partial charge in [0.15, 0.2) is 0 Å². The highest BCUT2D eigenvalue weighted by molar-refractivity contribution is 5.94. The first kappa shape index (κ1) is 13.0. The predicted molar refractivity (Wildman–Crippen MR) is 72.7 cm³/mol. The molecule has 0 aliphatic rings. The van der Waals surface area contributed by atoms with Crippen LogP contribution in [-0.2, 0) is 11.2 Å². The number of anilines is 1. The Balaban J connectivity index is 1.94. The van der Waals surface area contributed by atoms with E-state index >= 15 is 0 Å². The van der Waals surface area contributed by atoms with Crippen molar-refractivity contribution in [1.29, 1.82) is 0 Å². The van der Waals surface area contributed by atoms with Crippen LogP contribution in [0.25, 0.3) is 0 Å². The van der Waals surface area contributed by atoms with Crippen molar-refractivity contribution in [2.75, 3.05) is 5.32 Å². The third-order valence-electron chi connectivity index (χ3n) is 2.68. The molecule has 2 aromatic rings. The van der Waals surface area contributed by atoms with E-state index in [1.165, 1.54) is 0 Å². The maximum atomic E-state index is 11.9. The average Bonchev–Trinajstić information content (AvgIpc) is 2.42. The molecule has 0 spiro atoms. The fraction of sp³-hybridized carbons (Fsp3) is 0.143. The van der Waals surface area contributed by atoms with Gasteiger partial charge in [-0.3, -0.25) is 9.78 Å². The molecule has 0 aliphatic carbocycles. The number of phenols is 1. The highest BCUT2D eigenvalue weighted by atomic mass is 16.3. The fourth-order valence-electron chi connectivity index (χ4n) is 1.65. The number of rotatable bonds is 4. The normalized spacial score (nSPS) is 11.8. The molecule has 1 aromatic carbocycles. The highest BCUT2D eigenvalue weighted by Gasteiger charge is 2.14. The van der Waals surface area contributed by atoms with Crippen LogP contribution in [0.4, 0.5) is 5.69 Å². The summed E-state index contributed by atoms with van der Waals surface area (Å²) in [5.41, 5.74) is 7.41. The third-order valence-corrected chi connectivity index (χ3v) is 2.68. The van der Waals surface area contributed by atoms with Gasteiger partial charge in [-0.15, -0.1) is 0 Å². The van der Waals surface area contributed by atoms with Crippen LogP contribution in [0, 0.1) is 0 Å². The first-order valence-electron chi connectivity index (χ1n) is 5.89. The lowest BCUT2D eigenvalue weighted by atomic mass is 10.1. The van der Waals surface area contributed by atoms with Gasteiger partial charge in [-0.05, 0) is 36.2 Å². The Kier molecular flexibility index (Phi) is 4.10. The number of carbonyl (C=O) groups excluding carboxylic acids is 1. The van der Waals surface area contributed by atoms with Crippen molar-refractivity contribution in [3.05, 3.63) is 54.4 Å². The Labute approximate surface area is 111 Å². The van der Waals surface area contributed by atoms with Gasteiger partial charge < -0.3 is 16.2 Å². The monoisotopic (exact) mass is 257 g/mol. The van der Waals surface area contributed by atoms with Crippen LogP contribution in [0.5, 0.6) is 5.75 Å². The maximum Gasteiger partial charge on any atom is 0.241 e. The summed E-state index contributed by atoms with van der Waals surface area (Å²) in [4.78, 5) is 15.7. The van der Waals surface area contributed by atoms with Gasteiger partial charge in [-0.25, -0.2) is 0 Å². The summed E-state index contributed by atoms with van der Waals surface area (Å²) in [7, 11) is 0. The van der Waals surface area contributed by atoms with Crippen molar-refractivity contribution in [2.24, 2.45) is 5.73 Å². The minimum absolute atomic E-state index is 0.193. The highest BCUT2D eigenvalue weighted by Crippen LogP contribution is 2.11. The van der Waals surface area contributed by atoms with Crippen LogP contribution < -0.4 is 11.1 Å². The van der Waals surface area contributed by atoms with Crippen molar-refractivity contribution >= 4 is 11.6 Å². The smallest absolute Gasteiger partial charge is 0.241 e. The second-order valence-electron chi connectivity index (χ2n) is 4.20. The van der Waals surface area contributed by atoms with Gasteiger partial charge in [0.05, 0.1) is 6.04 Å². The summed E-state index contributed by atoms with van der Waals surface area (Å²) in [6, 6.07) is 9.39. The Bertz CT molecular complexity index is 540. The Morgan fingerprint density at radius 3 is 2.47 bits per heavy atom. The lowest BCUT2D eigenvalue weighted by molar-refractivity contribution is -0.117.